The molecule has 244 valence electrons. The van der Waals surface area contributed by atoms with Crippen molar-refractivity contribution in [3.05, 3.63) is 98.7 Å². The van der Waals surface area contributed by atoms with Gasteiger partial charge >= 0.3 is 12.1 Å². The minimum atomic E-state index is -1.36. The van der Waals surface area contributed by atoms with Gasteiger partial charge in [0.25, 0.3) is 11.5 Å². The molecule has 1 heterocycles. The Hall–Kier alpha value is -4.47. The first-order valence-electron chi connectivity index (χ1n) is 15.4. The van der Waals surface area contributed by atoms with Crippen molar-refractivity contribution < 1.29 is 24.2 Å². The Morgan fingerprint density at radius 1 is 1.00 bits per heavy atom. The van der Waals surface area contributed by atoms with Crippen LogP contribution in [-0.2, 0) is 11.3 Å². The summed E-state index contributed by atoms with van der Waals surface area (Å²) in [6.07, 6.45) is -0.155. The van der Waals surface area contributed by atoms with E-state index in [0.717, 1.165) is 11.1 Å². The summed E-state index contributed by atoms with van der Waals surface area (Å²) in [5.41, 5.74) is 0.605. The van der Waals surface area contributed by atoms with Gasteiger partial charge in [-0.1, -0.05) is 75.7 Å². The lowest BCUT2D eigenvalue weighted by Crippen LogP contribution is -2.43. The molecule has 0 radical (unpaired) electrons. The topological polar surface area (TPSA) is 131 Å². The molecule has 1 aromatic heterocycles. The van der Waals surface area contributed by atoms with Crippen molar-refractivity contribution in [3.8, 4) is 0 Å². The van der Waals surface area contributed by atoms with E-state index in [2.05, 4.69) is 10.3 Å². The van der Waals surface area contributed by atoms with Gasteiger partial charge in [-0.2, -0.15) is 0 Å². The molecule has 2 amide bonds. The third-order valence-electron chi connectivity index (χ3n) is 6.81. The summed E-state index contributed by atoms with van der Waals surface area (Å²) in [6, 6.07) is 15.8. The van der Waals surface area contributed by atoms with Crippen molar-refractivity contribution in [1.29, 1.82) is 0 Å². The third kappa shape index (κ3) is 10.3. The second-order valence-corrected chi connectivity index (χ2v) is 11.9. The van der Waals surface area contributed by atoms with E-state index < -0.39 is 34.8 Å². The van der Waals surface area contributed by atoms with E-state index in [1.54, 1.807) is 37.8 Å². The van der Waals surface area contributed by atoms with Gasteiger partial charge in [-0.3, -0.25) is 14.2 Å². The van der Waals surface area contributed by atoms with E-state index in [1.807, 2.05) is 77.1 Å². The van der Waals surface area contributed by atoms with Gasteiger partial charge in [-0.15, -0.1) is 0 Å². The summed E-state index contributed by atoms with van der Waals surface area (Å²) in [7, 11) is 0. The van der Waals surface area contributed by atoms with Crippen LogP contribution in [0.15, 0.2) is 59.4 Å². The summed E-state index contributed by atoms with van der Waals surface area (Å²) in [5, 5.41) is 12.6. The number of hydrogen-bond acceptors (Lipinski definition) is 6. The number of aryl methyl sites for hydroxylation is 2. The number of ether oxygens (including phenoxy) is 1. The number of carboxylic acids is 1. The minimum Gasteiger partial charge on any atom is -0.477 e. The smallest absolute Gasteiger partial charge is 0.407 e. The third-order valence-corrected chi connectivity index (χ3v) is 6.81. The molecule has 10 heteroatoms. The highest BCUT2D eigenvalue weighted by Crippen LogP contribution is 2.30. The molecule has 1 unspecified atom stereocenters. The molecule has 0 saturated heterocycles. The molecule has 1 atom stereocenters. The van der Waals surface area contributed by atoms with E-state index in [9.17, 15) is 24.3 Å². The van der Waals surface area contributed by atoms with Gasteiger partial charge in [0.05, 0.1) is 18.3 Å². The van der Waals surface area contributed by atoms with Crippen LogP contribution in [0, 0.1) is 19.8 Å². The van der Waals surface area contributed by atoms with Crippen LogP contribution < -0.4 is 10.9 Å². The van der Waals surface area contributed by atoms with Gasteiger partial charge in [0.1, 0.15) is 17.0 Å². The van der Waals surface area contributed by atoms with Crippen LogP contribution in [0.2, 0.25) is 0 Å². The Labute approximate surface area is 266 Å². The average molecular weight is 621 g/mol. The lowest BCUT2D eigenvalue weighted by molar-refractivity contribution is 0.0517. The number of hydrogen-bond donors (Lipinski definition) is 2. The number of nitrogens with zero attached hydrogens (tertiary/aromatic N) is 3. The van der Waals surface area contributed by atoms with Crippen molar-refractivity contribution in [2.45, 2.75) is 86.9 Å². The number of carbonyl (C=O) groups excluding carboxylic acids is 2. The van der Waals surface area contributed by atoms with Crippen LogP contribution in [0.25, 0.3) is 0 Å². The SMILES string of the molecule is CC.Cc1ccc(C(=O)N(CCCNC(=O)OC(C)(C)C)C(c2nc(C)c(C(=O)O)c(=O)n2Cc2ccccc2)C(C)C)cc1. The quantitative estimate of drug-likeness (QED) is 0.238. The molecule has 45 heavy (non-hydrogen) atoms. The second-order valence-electron chi connectivity index (χ2n) is 11.9. The highest BCUT2D eigenvalue weighted by atomic mass is 16.6. The zero-order valence-electron chi connectivity index (χ0n) is 28.0. The van der Waals surface area contributed by atoms with E-state index in [0.29, 0.717) is 17.8 Å². The highest BCUT2D eigenvalue weighted by Gasteiger charge is 2.34. The van der Waals surface area contributed by atoms with Crippen LogP contribution in [0.3, 0.4) is 0 Å². The predicted octanol–water partition coefficient (Wildman–Crippen LogP) is 6.39. The van der Waals surface area contributed by atoms with Crippen molar-refractivity contribution in [2.24, 2.45) is 5.92 Å². The maximum atomic E-state index is 14.1. The molecule has 0 saturated carbocycles. The van der Waals surface area contributed by atoms with E-state index in [1.165, 1.54) is 11.5 Å². The molecule has 2 aromatic carbocycles. The Kier molecular flexibility index (Phi) is 13.5. The predicted molar refractivity (Wildman–Crippen MR) is 176 cm³/mol. The van der Waals surface area contributed by atoms with E-state index >= 15 is 0 Å². The number of amides is 2. The Morgan fingerprint density at radius 2 is 1.60 bits per heavy atom. The number of carboxylic acid groups (broad SMARTS) is 1. The number of carbonyl (C=O) groups is 3. The van der Waals surface area contributed by atoms with E-state index in [4.69, 9.17) is 4.74 Å². The van der Waals surface area contributed by atoms with Crippen LogP contribution in [0.5, 0.6) is 0 Å². The van der Waals surface area contributed by atoms with Crippen molar-refractivity contribution in [1.82, 2.24) is 19.8 Å². The monoisotopic (exact) mass is 620 g/mol. The summed E-state index contributed by atoms with van der Waals surface area (Å²) in [6.45, 7) is 17.2. The van der Waals surface area contributed by atoms with Crippen LogP contribution in [-0.4, -0.2) is 56.2 Å². The molecule has 3 aromatic rings. The van der Waals surface area contributed by atoms with Crippen LogP contribution in [0.4, 0.5) is 4.79 Å². The number of nitrogens with one attached hydrogen (secondary N) is 1. The summed E-state index contributed by atoms with van der Waals surface area (Å²) in [4.78, 5) is 58.5. The lowest BCUT2D eigenvalue weighted by Gasteiger charge is -2.36. The first-order chi connectivity index (χ1) is 21.2. The second kappa shape index (κ2) is 16.6. The number of alkyl carbamates (subject to hydrolysis) is 1. The number of benzene rings is 2. The standard InChI is InChI=1S/C33H42N4O6.C2H6/c1-21(2)27(28-35-23(4)26(31(40)41)30(39)37(28)20-24-12-9-8-10-13-24)36(29(38)25-16-14-22(3)15-17-25)19-11-18-34-32(42)43-33(5,6)7;1-2/h8-10,12-17,21,27H,11,18-20H2,1-7H3,(H,34,42)(H,40,41);1-2H3. The van der Waals surface area contributed by atoms with Crippen molar-refractivity contribution in [3.63, 3.8) is 0 Å². The zero-order valence-corrected chi connectivity index (χ0v) is 28.0. The number of aromatic nitrogens is 2. The Morgan fingerprint density at radius 3 is 2.13 bits per heavy atom. The average Bonchev–Trinajstić information content (AvgIpc) is 2.96. The normalized spacial score (nSPS) is 11.7. The maximum Gasteiger partial charge on any atom is 0.407 e. The van der Waals surface area contributed by atoms with Gasteiger partial charge in [0, 0.05) is 18.7 Å². The number of aromatic carboxylic acids is 1. The van der Waals surface area contributed by atoms with Gasteiger partial charge in [0.15, 0.2) is 0 Å². The van der Waals surface area contributed by atoms with Crippen LogP contribution >= 0.6 is 0 Å². The molecular formula is C35H48N4O6. The molecule has 0 aliphatic carbocycles. The van der Waals surface area contributed by atoms with Crippen molar-refractivity contribution >= 4 is 18.0 Å². The molecule has 2 N–H and O–H groups in total. The summed E-state index contributed by atoms with van der Waals surface area (Å²) >= 11 is 0. The fraction of sp³-hybridized carbons (Fsp3) is 0.457. The lowest BCUT2D eigenvalue weighted by atomic mass is 9.98. The molecule has 0 fully saturated rings. The Balaban J connectivity index is 0.00000345. The van der Waals surface area contributed by atoms with Gasteiger partial charge in [0.2, 0.25) is 0 Å². The molecular weight excluding hydrogens is 572 g/mol. The molecule has 0 bridgehead atoms. The van der Waals surface area contributed by atoms with Crippen LogP contribution in [0.1, 0.15) is 104 Å². The maximum absolute atomic E-state index is 14.1. The molecule has 0 aliphatic heterocycles. The minimum absolute atomic E-state index is 0.0804. The van der Waals surface area contributed by atoms with Gasteiger partial charge < -0.3 is 20.1 Å². The largest absolute Gasteiger partial charge is 0.477 e. The fourth-order valence-corrected chi connectivity index (χ4v) is 4.85. The fourth-order valence-electron chi connectivity index (χ4n) is 4.85. The summed E-state index contributed by atoms with van der Waals surface area (Å²) in [5.74, 6) is -1.54. The molecule has 3 rings (SSSR count). The first kappa shape index (κ1) is 36.7. The first-order valence-corrected chi connectivity index (χ1v) is 15.4. The summed E-state index contributed by atoms with van der Waals surface area (Å²) < 4.78 is 6.70. The highest BCUT2D eigenvalue weighted by molar-refractivity contribution is 5.94. The molecule has 0 aliphatic rings. The van der Waals surface area contributed by atoms with Gasteiger partial charge in [-0.25, -0.2) is 14.6 Å². The Bertz CT molecular complexity index is 1490. The zero-order chi connectivity index (χ0) is 33.9. The van der Waals surface area contributed by atoms with Gasteiger partial charge in [-0.05, 0) is 64.7 Å². The number of rotatable bonds is 11. The van der Waals surface area contributed by atoms with Crippen molar-refractivity contribution in [2.75, 3.05) is 13.1 Å². The van der Waals surface area contributed by atoms with E-state index in [-0.39, 0.29) is 37.2 Å². The molecule has 0 spiro atoms. The molecule has 10 nitrogen and oxygen atoms in total.